The van der Waals surface area contributed by atoms with E-state index in [-0.39, 0.29) is 12.5 Å². The van der Waals surface area contributed by atoms with Gasteiger partial charge in [0.2, 0.25) is 0 Å². The van der Waals surface area contributed by atoms with Crippen LogP contribution in [0.3, 0.4) is 0 Å². The van der Waals surface area contributed by atoms with Gasteiger partial charge in [-0.25, -0.2) is 5.43 Å². The zero-order valence-electron chi connectivity index (χ0n) is 21.9. The minimum atomic E-state index is -1.95. The Kier molecular flexibility index (Phi) is 9.31. The summed E-state index contributed by atoms with van der Waals surface area (Å²) in [6.45, 7) is 1.74. The minimum Gasteiger partial charge on any atom is -0.493 e. The summed E-state index contributed by atoms with van der Waals surface area (Å²) in [7, 11) is 1.48. The van der Waals surface area contributed by atoms with Crippen LogP contribution in [-0.4, -0.2) is 36.9 Å². The monoisotopic (exact) mass is 601 g/mol. The fraction of sp³-hybridized carbons (Fsp3) is 0.129. The van der Waals surface area contributed by atoms with Gasteiger partial charge in [0, 0.05) is 5.69 Å². The Balaban J connectivity index is 1.46. The second-order valence-corrected chi connectivity index (χ2v) is 9.73. The van der Waals surface area contributed by atoms with Crippen molar-refractivity contribution >= 4 is 39.6 Å². The van der Waals surface area contributed by atoms with E-state index in [1.165, 1.54) is 13.3 Å². The number of aryl methyl sites for hydroxylation is 1. The van der Waals surface area contributed by atoms with Crippen LogP contribution < -0.4 is 20.2 Å². The van der Waals surface area contributed by atoms with Gasteiger partial charge in [0.15, 0.2) is 23.7 Å². The van der Waals surface area contributed by atoms with Gasteiger partial charge in [-0.2, -0.15) is 5.10 Å². The maximum atomic E-state index is 13.2. The zero-order chi connectivity index (χ0) is 28.5. The predicted octanol–water partition coefficient (Wildman–Crippen LogP) is 5.17. The molecule has 204 valence electrons. The molecular weight excluding hydrogens is 574 g/mol. The molecule has 2 amide bonds. The fourth-order valence-corrected chi connectivity index (χ4v) is 4.53. The molecule has 0 aromatic heterocycles. The van der Waals surface area contributed by atoms with Crippen molar-refractivity contribution in [3.8, 4) is 11.5 Å². The molecule has 0 radical (unpaired) electrons. The van der Waals surface area contributed by atoms with E-state index in [0.717, 1.165) is 5.56 Å². The second-order valence-electron chi connectivity index (χ2n) is 8.88. The largest absolute Gasteiger partial charge is 0.493 e. The Morgan fingerprint density at radius 2 is 1.55 bits per heavy atom. The molecule has 0 aliphatic heterocycles. The van der Waals surface area contributed by atoms with Crippen LogP contribution in [-0.2, 0) is 15.2 Å². The Bertz CT molecular complexity index is 1450. The summed E-state index contributed by atoms with van der Waals surface area (Å²) >= 11 is 3.45. The van der Waals surface area contributed by atoms with Crippen molar-refractivity contribution in [2.24, 2.45) is 5.10 Å². The number of nitrogens with one attached hydrogen (secondary N) is 2. The number of hydrogen-bond acceptors (Lipinski definition) is 6. The van der Waals surface area contributed by atoms with Crippen molar-refractivity contribution in [3.63, 3.8) is 0 Å². The number of nitrogens with zero attached hydrogens (tertiary/aromatic N) is 1. The van der Waals surface area contributed by atoms with Gasteiger partial charge in [-0.15, -0.1) is 0 Å². The lowest BCUT2D eigenvalue weighted by atomic mass is 9.85. The third kappa shape index (κ3) is 6.74. The highest BCUT2D eigenvalue weighted by Gasteiger charge is 2.39. The van der Waals surface area contributed by atoms with E-state index in [4.69, 9.17) is 9.47 Å². The van der Waals surface area contributed by atoms with Gasteiger partial charge in [-0.1, -0.05) is 78.4 Å². The molecule has 0 unspecified atom stereocenters. The van der Waals surface area contributed by atoms with Crippen molar-refractivity contribution in [1.82, 2.24) is 5.43 Å². The van der Waals surface area contributed by atoms with Crippen LogP contribution in [0.25, 0.3) is 0 Å². The van der Waals surface area contributed by atoms with Gasteiger partial charge in [-0.3, -0.25) is 9.59 Å². The van der Waals surface area contributed by atoms with Crippen LogP contribution in [0, 0.1) is 6.92 Å². The lowest BCUT2D eigenvalue weighted by Gasteiger charge is -2.27. The van der Waals surface area contributed by atoms with Gasteiger partial charge in [-0.05, 0) is 63.8 Å². The second kappa shape index (κ2) is 13.1. The van der Waals surface area contributed by atoms with E-state index < -0.39 is 11.5 Å². The average Bonchev–Trinajstić information content (AvgIpc) is 2.98. The van der Waals surface area contributed by atoms with Crippen molar-refractivity contribution in [1.29, 1.82) is 0 Å². The number of ether oxygens (including phenoxy) is 2. The van der Waals surface area contributed by atoms with Crippen LogP contribution in [0.1, 0.15) is 22.3 Å². The standard InChI is InChI=1S/C31H28BrN3O5/c1-21-13-15-25(16-14-21)34-28(36)20-40-29-26(32)17-22(18-27(29)39-2)19-33-35-30(37)31(38,23-9-5-3-6-10-23)24-11-7-4-8-12-24/h3-19,38H,20H2,1-2H3,(H,34,36)(H,35,37)/b33-19-. The molecule has 0 atom stereocenters. The SMILES string of the molecule is COc1cc(/C=N\NC(=O)C(O)(c2ccccc2)c2ccccc2)cc(Br)c1OCC(=O)Nc1ccc(C)cc1. The van der Waals surface area contributed by atoms with E-state index in [1.54, 1.807) is 72.8 Å². The molecule has 4 aromatic rings. The molecule has 4 aromatic carbocycles. The van der Waals surface area contributed by atoms with Crippen molar-refractivity contribution in [2.75, 3.05) is 19.0 Å². The van der Waals surface area contributed by atoms with Crippen molar-refractivity contribution in [3.05, 3.63) is 124 Å². The molecule has 0 bridgehead atoms. The Morgan fingerprint density at radius 3 is 2.12 bits per heavy atom. The predicted molar refractivity (Wildman–Crippen MR) is 158 cm³/mol. The molecule has 0 aliphatic carbocycles. The molecule has 9 heteroatoms. The summed E-state index contributed by atoms with van der Waals surface area (Å²) in [6, 6.07) is 28.1. The number of amides is 2. The first-order chi connectivity index (χ1) is 19.3. The number of rotatable bonds is 10. The summed E-state index contributed by atoms with van der Waals surface area (Å²) < 4.78 is 11.7. The Morgan fingerprint density at radius 1 is 0.950 bits per heavy atom. The molecular formula is C31H28BrN3O5. The van der Waals surface area contributed by atoms with E-state index in [0.29, 0.717) is 38.3 Å². The van der Waals surface area contributed by atoms with Crippen molar-refractivity contribution < 1.29 is 24.2 Å². The van der Waals surface area contributed by atoms with Crippen LogP contribution >= 0.6 is 15.9 Å². The number of hydrazone groups is 1. The molecule has 8 nitrogen and oxygen atoms in total. The lowest BCUT2D eigenvalue weighted by molar-refractivity contribution is -0.136. The quantitative estimate of drug-likeness (QED) is 0.172. The van der Waals surface area contributed by atoms with E-state index in [2.05, 4.69) is 31.8 Å². The molecule has 0 spiro atoms. The Labute approximate surface area is 240 Å². The van der Waals surface area contributed by atoms with Gasteiger partial charge in [0.1, 0.15) is 0 Å². The smallest absolute Gasteiger partial charge is 0.281 e. The van der Waals surface area contributed by atoms with Crippen molar-refractivity contribution in [2.45, 2.75) is 12.5 Å². The third-order valence-corrected chi connectivity index (χ3v) is 6.62. The summed E-state index contributed by atoms with van der Waals surface area (Å²) in [5, 5.41) is 18.4. The number of carbonyl (C=O) groups is 2. The van der Waals surface area contributed by atoms with Crippen LogP contribution in [0.15, 0.2) is 107 Å². The van der Waals surface area contributed by atoms with Crippen LogP contribution in [0.5, 0.6) is 11.5 Å². The number of benzene rings is 4. The number of aliphatic hydroxyl groups is 1. The molecule has 4 rings (SSSR count). The normalized spacial score (nSPS) is 11.2. The highest BCUT2D eigenvalue weighted by Crippen LogP contribution is 2.36. The van der Waals surface area contributed by atoms with Gasteiger partial charge >= 0.3 is 0 Å². The van der Waals surface area contributed by atoms with E-state index in [9.17, 15) is 14.7 Å². The number of methoxy groups -OCH3 is 1. The van der Waals surface area contributed by atoms with Gasteiger partial charge in [0.05, 0.1) is 17.8 Å². The number of anilines is 1. The summed E-state index contributed by atoms with van der Waals surface area (Å²) in [4.78, 5) is 25.6. The molecule has 0 heterocycles. The number of halogens is 1. The summed E-state index contributed by atoms with van der Waals surface area (Å²) in [5.41, 5.74) is 3.65. The molecule has 40 heavy (non-hydrogen) atoms. The van der Waals surface area contributed by atoms with Gasteiger partial charge < -0.3 is 19.9 Å². The fourth-order valence-electron chi connectivity index (χ4n) is 3.96. The van der Waals surface area contributed by atoms with E-state index in [1.807, 2.05) is 31.2 Å². The molecule has 0 saturated carbocycles. The van der Waals surface area contributed by atoms with Gasteiger partial charge in [0.25, 0.3) is 11.8 Å². The van der Waals surface area contributed by atoms with Crippen LogP contribution in [0.4, 0.5) is 5.69 Å². The number of carbonyl (C=O) groups excluding carboxylic acids is 2. The number of hydrogen-bond donors (Lipinski definition) is 3. The Hall–Kier alpha value is -4.47. The summed E-state index contributed by atoms with van der Waals surface area (Å²) in [5.74, 6) is -0.345. The molecule has 3 N–H and O–H groups in total. The van der Waals surface area contributed by atoms with Crippen LogP contribution in [0.2, 0.25) is 0 Å². The first kappa shape index (κ1) is 28.5. The topological polar surface area (TPSA) is 109 Å². The van der Waals surface area contributed by atoms with E-state index >= 15 is 0 Å². The third-order valence-electron chi connectivity index (χ3n) is 6.03. The molecule has 0 saturated heterocycles. The minimum absolute atomic E-state index is 0.232. The summed E-state index contributed by atoms with van der Waals surface area (Å²) in [6.07, 6.45) is 1.41. The molecule has 0 aliphatic rings. The first-order valence-corrected chi connectivity index (χ1v) is 13.1. The first-order valence-electron chi connectivity index (χ1n) is 12.3. The highest BCUT2D eigenvalue weighted by molar-refractivity contribution is 9.10. The highest BCUT2D eigenvalue weighted by atomic mass is 79.9. The maximum Gasteiger partial charge on any atom is 0.281 e. The lowest BCUT2D eigenvalue weighted by Crippen LogP contribution is -2.43. The maximum absolute atomic E-state index is 13.2. The molecule has 0 fully saturated rings. The average molecular weight is 602 g/mol. The zero-order valence-corrected chi connectivity index (χ0v) is 23.5.